The van der Waals surface area contributed by atoms with Crippen molar-refractivity contribution in [2.75, 3.05) is 5.32 Å². The van der Waals surface area contributed by atoms with Crippen molar-refractivity contribution in [1.29, 1.82) is 5.26 Å². The highest BCUT2D eigenvalue weighted by Gasteiger charge is 2.19. The van der Waals surface area contributed by atoms with Gasteiger partial charge in [0.05, 0.1) is 11.6 Å². The summed E-state index contributed by atoms with van der Waals surface area (Å²) in [5.74, 6) is 0.214. The molecule has 1 aliphatic rings. The maximum Gasteiger partial charge on any atom is 0.270 e. The molecule has 1 fully saturated rings. The van der Waals surface area contributed by atoms with Gasteiger partial charge in [0.2, 0.25) is 5.95 Å². The van der Waals surface area contributed by atoms with Crippen LogP contribution in [0.3, 0.4) is 0 Å². The van der Waals surface area contributed by atoms with E-state index >= 15 is 0 Å². The van der Waals surface area contributed by atoms with Crippen LogP contribution in [0, 0.1) is 18.3 Å². The first kappa shape index (κ1) is 15.9. The zero-order chi connectivity index (χ0) is 16.9. The molecule has 2 aromatic rings. The van der Waals surface area contributed by atoms with Gasteiger partial charge < -0.3 is 10.6 Å². The van der Waals surface area contributed by atoms with Crippen molar-refractivity contribution in [3.05, 3.63) is 47.3 Å². The maximum absolute atomic E-state index is 12.4. The van der Waals surface area contributed by atoms with Gasteiger partial charge in [-0.2, -0.15) is 5.26 Å². The summed E-state index contributed by atoms with van der Waals surface area (Å²) in [5, 5.41) is 14.9. The molecule has 6 heteroatoms. The van der Waals surface area contributed by atoms with E-state index in [4.69, 9.17) is 5.26 Å². The van der Waals surface area contributed by atoms with Gasteiger partial charge in [-0.3, -0.25) is 4.79 Å². The molecule has 0 radical (unpaired) electrons. The quantitative estimate of drug-likeness (QED) is 0.903. The molecule has 1 amide bonds. The fourth-order valence-electron chi connectivity index (χ4n) is 2.83. The van der Waals surface area contributed by atoms with E-state index in [9.17, 15) is 4.79 Å². The first-order valence-corrected chi connectivity index (χ1v) is 8.08. The number of carbonyl (C=O) groups excluding carboxylic acids is 1. The first-order chi connectivity index (χ1) is 11.6. The van der Waals surface area contributed by atoms with E-state index in [0.717, 1.165) is 24.2 Å². The van der Waals surface area contributed by atoms with Crippen molar-refractivity contribution in [3.8, 4) is 6.07 Å². The lowest BCUT2D eigenvalue weighted by molar-refractivity contribution is 0.0932. The van der Waals surface area contributed by atoms with Crippen LogP contribution >= 0.6 is 0 Å². The number of hydrogen-bond acceptors (Lipinski definition) is 5. The topological polar surface area (TPSA) is 90.7 Å². The van der Waals surface area contributed by atoms with E-state index in [1.807, 2.05) is 6.92 Å². The van der Waals surface area contributed by atoms with Crippen LogP contribution < -0.4 is 10.6 Å². The zero-order valence-corrected chi connectivity index (χ0v) is 13.5. The third kappa shape index (κ3) is 3.87. The Bertz CT molecular complexity index is 773. The SMILES string of the molecule is Cc1cc(C(=O)NC2CCCC2)nc(Nc2ccc(C#N)cc2)n1. The molecule has 0 saturated heterocycles. The average Bonchev–Trinajstić information content (AvgIpc) is 3.08. The molecule has 24 heavy (non-hydrogen) atoms. The molecule has 122 valence electrons. The minimum absolute atomic E-state index is 0.157. The second kappa shape index (κ2) is 7.09. The van der Waals surface area contributed by atoms with Crippen LogP contribution in [0.2, 0.25) is 0 Å². The molecule has 0 spiro atoms. The molecule has 0 atom stereocenters. The van der Waals surface area contributed by atoms with Gasteiger partial charge in [-0.1, -0.05) is 12.8 Å². The highest BCUT2D eigenvalue weighted by molar-refractivity contribution is 5.92. The second-order valence-electron chi connectivity index (χ2n) is 5.99. The molecule has 3 rings (SSSR count). The lowest BCUT2D eigenvalue weighted by Gasteiger charge is -2.12. The molecular weight excluding hydrogens is 302 g/mol. The summed E-state index contributed by atoms with van der Waals surface area (Å²) in [6.07, 6.45) is 4.40. The van der Waals surface area contributed by atoms with Gasteiger partial charge in [0.15, 0.2) is 0 Å². The van der Waals surface area contributed by atoms with Crippen LogP contribution in [0.4, 0.5) is 11.6 Å². The number of aromatic nitrogens is 2. The lowest BCUT2D eigenvalue weighted by atomic mass is 10.2. The van der Waals surface area contributed by atoms with Crippen molar-refractivity contribution in [1.82, 2.24) is 15.3 Å². The Kier molecular flexibility index (Phi) is 4.71. The number of nitriles is 1. The Labute approximate surface area is 140 Å². The smallest absolute Gasteiger partial charge is 0.270 e. The summed E-state index contributed by atoms with van der Waals surface area (Å²) in [6, 6.07) is 11.0. The summed E-state index contributed by atoms with van der Waals surface area (Å²) < 4.78 is 0. The monoisotopic (exact) mass is 321 g/mol. The van der Waals surface area contributed by atoms with Crippen molar-refractivity contribution in [2.45, 2.75) is 38.6 Å². The van der Waals surface area contributed by atoms with E-state index in [1.165, 1.54) is 12.8 Å². The summed E-state index contributed by atoms with van der Waals surface area (Å²) in [5.41, 5.74) is 2.44. The molecule has 1 aromatic heterocycles. The molecule has 0 unspecified atom stereocenters. The van der Waals surface area contributed by atoms with Crippen molar-refractivity contribution in [3.63, 3.8) is 0 Å². The van der Waals surface area contributed by atoms with E-state index in [0.29, 0.717) is 17.2 Å². The van der Waals surface area contributed by atoms with Crippen molar-refractivity contribution in [2.24, 2.45) is 0 Å². The Balaban J connectivity index is 1.75. The zero-order valence-electron chi connectivity index (χ0n) is 13.5. The molecule has 2 N–H and O–H groups in total. The lowest BCUT2D eigenvalue weighted by Crippen LogP contribution is -2.33. The third-order valence-corrected chi connectivity index (χ3v) is 4.05. The Morgan fingerprint density at radius 2 is 1.92 bits per heavy atom. The number of amides is 1. The second-order valence-corrected chi connectivity index (χ2v) is 5.99. The minimum atomic E-state index is -0.157. The van der Waals surface area contributed by atoms with Crippen LogP contribution in [0.5, 0.6) is 0 Å². The summed E-state index contributed by atoms with van der Waals surface area (Å²) in [7, 11) is 0. The molecule has 1 heterocycles. The van der Waals surface area contributed by atoms with Gasteiger partial charge >= 0.3 is 0 Å². The molecule has 0 bridgehead atoms. The Morgan fingerprint density at radius 3 is 2.58 bits per heavy atom. The van der Waals surface area contributed by atoms with Crippen molar-refractivity contribution >= 4 is 17.5 Å². The number of hydrogen-bond donors (Lipinski definition) is 2. The van der Waals surface area contributed by atoms with E-state index in [2.05, 4.69) is 26.7 Å². The maximum atomic E-state index is 12.4. The van der Waals surface area contributed by atoms with Gasteiger partial charge in [0.25, 0.3) is 5.91 Å². The number of aryl methyl sites for hydroxylation is 1. The Morgan fingerprint density at radius 1 is 1.21 bits per heavy atom. The van der Waals surface area contributed by atoms with Crippen LogP contribution in [-0.4, -0.2) is 21.9 Å². The molecular formula is C18H19N5O. The highest BCUT2D eigenvalue weighted by atomic mass is 16.1. The van der Waals surface area contributed by atoms with E-state index < -0.39 is 0 Å². The van der Waals surface area contributed by atoms with Crippen LogP contribution in [0.25, 0.3) is 0 Å². The number of anilines is 2. The predicted molar refractivity (Wildman–Crippen MR) is 90.9 cm³/mol. The van der Waals surface area contributed by atoms with Crippen LogP contribution in [0.1, 0.15) is 47.4 Å². The Hall–Kier alpha value is -2.94. The van der Waals surface area contributed by atoms with Gasteiger partial charge in [-0.25, -0.2) is 9.97 Å². The molecule has 1 aromatic carbocycles. The average molecular weight is 321 g/mol. The van der Waals surface area contributed by atoms with Crippen LogP contribution in [0.15, 0.2) is 30.3 Å². The van der Waals surface area contributed by atoms with Gasteiger partial charge in [-0.15, -0.1) is 0 Å². The van der Waals surface area contributed by atoms with Gasteiger partial charge in [0.1, 0.15) is 5.69 Å². The number of benzene rings is 1. The molecule has 1 saturated carbocycles. The number of rotatable bonds is 4. The summed E-state index contributed by atoms with van der Waals surface area (Å²) in [6.45, 7) is 1.83. The summed E-state index contributed by atoms with van der Waals surface area (Å²) >= 11 is 0. The molecule has 1 aliphatic carbocycles. The predicted octanol–water partition coefficient (Wildman–Crippen LogP) is 3.07. The van der Waals surface area contributed by atoms with E-state index in [-0.39, 0.29) is 11.9 Å². The van der Waals surface area contributed by atoms with Gasteiger partial charge in [-0.05, 0) is 50.1 Å². The number of nitrogens with zero attached hydrogens (tertiary/aromatic N) is 3. The number of carbonyl (C=O) groups is 1. The van der Waals surface area contributed by atoms with Crippen molar-refractivity contribution < 1.29 is 4.79 Å². The molecule has 6 nitrogen and oxygen atoms in total. The molecule has 0 aliphatic heterocycles. The third-order valence-electron chi connectivity index (χ3n) is 4.05. The number of nitrogens with one attached hydrogen (secondary N) is 2. The largest absolute Gasteiger partial charge is 0.348 e. The minimum Gasteiger partial charge on any atom is -0.348 e. The standard InChI is InChI=1S/C18H19N5O/c1-12-10-16(17(24)21-14-4-2-3-5-14)23-18(20-12)22-15-8-6-13(11-19)7-9-15/h6-10,14H,2-5H2,1H3,(H,21,24)(H,20,22,23). The van der Waals surface area contributed by atoms with E-state index in [1.54, 1.807) is 30.3 Å². The highest BCUT2D eigenvalue weighted by Crippen LogP contribution is 2.19. The summed E-state index contributed by atoms with van der Waals surface area (Å²) in [4.78, 5) is 21.0. The fourth-order valence-corrected chi connectivity index (χ4v) is 2.83. The van der Waals surface area contributed by atoms with Crippen LogP contribution in [-0.2, 0) is 0 Å². The van der Waals surface area contributed by atoms with Gasteiger partial charge in [0, 0.05) is 17.4 Å². The normalized spacial score (nSPS) is 14.2. The first-order valence-electron chi connectivity index (χ1n) is 8.08. The fraction of sp³-hybridized carbons (Fsp3) is 0.333.